The van der Waals surface area contributed by atoms with Gasteiger partial charge in [-0.05, 0) is 30.2 Å². The van der Waals surface area contributed by atoms with E-state index in [0.717, 1.165) is 11.1 Å². The van der Waals surface area contributed by atoms with Gasteiger partial charge in [-0.15, -0.1) is 5.10 Å². The van der Waals surface area contributed by atoms with Crippen molar-refractivity contribution in [3.63, 3.8) is 0 Å². The number of aryl methyl sites for hydroxylation is 1. The predicted molar refractivity (Wildman–Crippen MR) is 72.1 cm³/mol. The molecule has 0 spiro atoms. The highest BCUT2D eigenvalue weighted by Gasteiger charge is 2.15. The summed E-state index contributed by atoms with van der Waals surface area (Å²) in [4.78, 5) is 12.6. The molecule has 5 nitrogen and oxygen atoms in total. The van der Waals surface area contributed by atoms with Gasteiger partial charge in [0.2, 0.25) is 5.28 Å². The lowest BCUT2D eigenvalue weighted by molar-refractivity contribution is 0.813. The van der Waals surface area contributed by atoms with E-state index in [-0.39, 0.29) is 5.28 Å². The number of halogens is 1. The third kappa shape index (κ3) is 2.20. The molecule has 3 rings (SSSR count). The Kier molecular flexibility index (Phi) is 2.97. The predicted octanol–water partition coefficient (Wildman–Crippen LogP) is 2.69. The van der Waals surface area contributed by atoms with Crippen LogP contribution in [0.3, 0.4) is 0 Å². The fourth-order valence-electron chi connectivity index (χ4n) is 1.83. The maximum atomic E-state index is 5.92. The standard InChI is InChI=1S/C13H10ClN5/c1-9-5-2-3-6-10(9)11-17-12(14)18-19(11)13-15-7-4-8-16-13/h2-8H,1H3. The highest BCUT2D eigenvalue weighted by molar-refractivity contribution is 6.28. The Labute approximate surface area is 114 Å². The van der Waals surface area contributed by atoms with Gasteiger partial charge >= 0.3 is 0 Å². The average Bonchev–Trinajstić information content (AvgIpc) is 2.82. The fraction of sp³-hybridized carbons (Fsp3) is 0.0769. The summed E-state index contributed by atoms with van der Waals surface area (Å²) >= 11 is 5.92. The second-order valence-corrected chi connectivity index (χ2v) is 4.32. The van der Waals surface area contributed by atoms with E-state index in [1.165, 1.54) is 0 Å². The molecule has 0 amide bonds. The van der Waals surface area contributed by atoms with E-state index < -0.39 is 0 Å². The second kappa shape index (κ2) is 4.78. The molecule has 0 radical (unpaired) electrons. The number of hydrogen-bond donors (Lipinski definition) is 0. The van der Waals surface area contributed by atoms with Crippen LogP contribution in [0.15, 0.2) is 42.7 Å². The molecule has 0 atom stereocenters. The minimum absolute atomic E-state index is 0.172. The lowest BCUT2D eigenvalue weighted by Gasteiger charge is -2.05. The second-order valence-electron chi connectivity index (χ2n) is 3.98. The third-order valence-corrected chi connectivity index (χ3v) is 2.87. The molecular weight excluding hydrogens is 262 g/mol. The first-order valence-corrected chi connectivity index (χ1v) is 6.09. The van der Waals surface area contributed by atoms with E-state index in [4.69, 9.17) is 11.6 Å². The summed E-state index contributed by atoms with van der Waals surface area (Å²) in [6.45, 7) is 2.01. The molecule has 0 aliphatic heterocycles. The lowest BCUT2D eigenvalue weighted by atomic mass is 10.1. The zero-order chi connectivity index (χ0) is 13.2. The van der Waals surface area contributed by atoms with Crippen LogP contribution >= 0.6 is 11.6 Å². The van der Waals surface area contributed by atoms with Gasteiger partial charge in [0.05, 0.1) is 0 Å². The van der Waals surface area contributed by atoms with E-state index in [0.29, 0.717) is 11.8 Å². The summed E-state index contributed by atoms with van der Waals surface area (Å²) < 4.78 is 1.55. The molecule has 0 aliphatic carbocycles. The summed E-state index contributed by atoms with van der Waals surface area (Å²) in [7, 11) is 0. The first kappa shape index (κ1) is 11.8. The molecule has 0 bridgehead atoms. The minimum Gasteiger partial charge on any atom is -0.220 e. The van der Waals surface area contributed by atoms with Crippen LogP contribution in [-0.2, 0) is 0 Å². The smallest absolute Gasteiger partial charge is 0.220 e. The first-order valence-electron chi connectivity index (χ1n) is 5.71. The molecule has 1 aromatic carbocycles. The van der Waals surface area contributed by atoms with Crippen molar-refractivity contribution in [2.45, 2.75) is 6.92 Å². The monoisotopic (exact) mass is 271 g/mol. The van der Waals surface area contributed by atoms with Crippen molar-refractivity contribution < 1.29 is 0 Å². The van der Waals surface area contributed by atoms with Crippen molar-refractivity contribution in [3.8, 4) is 17.3 Å². The topological polar surface area (TPSA) is 56.5 Å². The summed E-state index contributed by atoms with van der Waals surface area (Å²) in [5.41, 5.74) is 2.04. The summed E-state index contributed by atoms with van der Waals surface area (Å²) in [5.74, 6) is 1.08. The van der Waals surface area contributed by atoms with Crippen molar-refractivity contribution in [2.75, 3.05) is 0 Å². The van der Waals surface area contributed by atoms with Crippen molar-refractivity contribution in [1.82, 2.24) is 24.7 Å². The van der Waals surface area contributed by atoms with Crippen LogP contribution in [0.2, 0.25) is 5.28 Å². The van der Waals surface area contributed by atoms with Crippen molar-refractivity contribution in [3.05, 3.63) is 53.6 Å². The quantitative estimate of drug-likeness (QED) is 0.719. The minimum atomic E-state index is 0.172. The molecule has 2 heterocycles. The molecule has 0 saturated heterocycles. The zero-order valence-electron chi connectivity index (χ0n) is 10.2. The van der Waals surface area contributed by atoms with E-state index in [1.807, 2.05) is 31.2 Å². The number of aromatic nitrogens is 5. The maximum Gasteiger partial charge on any atom is 0.252 e. The van der Waals surface area contributed by atoms with Gasteiger partial charge in [-0.2, -0.15) is 9.67 Å². The number of hydrogen-bond acceptors (Lipinski definition) is 4. The van der Waals surface area contributed by atoms with E-state index in [9.17, 15) is 0 Å². The van der Waals surface area contributed by atoms with Crippen LogP contribution in [-0.4, -0.2) is 24.7 Å². The number of benzene rings is 1. The van der Waals surface area contributed by atoms with Crippen LogP contribution in [0, 0.1) is 6.92 Å². The van der Waals surface area contributed by atoms with Crippen molar-refractivity contribution in [2.24, 2.45) is 0 Å². The van der Waals surface area contributed by atoms with Crippen molar-refractivity contribution >= 4 is 11.6 Å². The van der Waals surface area contributed by atoms with Gasteiger partial charge in [-0.1, -0.05) is 24.3 Å². The maximum absolute atomic E-state index is 5.92. The normalized spacial score (nSPS) is 10.6. The van der Waals surface area contributed by atoms with Gasteiger partial charge in [0, 0.05) is 18.0 Å². The molecule has 0 aliphatic rings. The summed E-state index contributed by atoms with van der Waals surface area (Å²) in [6.07, 6.45) is 3.30. The molecule has 6 heteroatoms. The van der Waals surface area contributed by atoms with Gasteiger partial charge in [0.25, 0.3) is 5.95 Å². The molecule has 94 valence electrons. The highest BCUT2D eigenvalue weighted by atomic mass is 35.5. The zero-order valence-corrected chi connectivity index (χ0v) is 10.9. The van der Waals surface area contributed by atoms with Gasteiger partial charge < -0.3 is 0 Å². The van der Waals surface area contributed by atoms with Crippen LogP contribution in [0.1, 0.15) is 5.56 Å². The van der Waals surface area contributed by atoms with E-state index >= 15 is 0 Å². The molecule has 0 N–H and O–H groups in total. The molecule has 2 aromatic heterocycles. The van der Waals surface area contributed by atoms with Crippen LogP contribution in [0.25, 0.3) is 17.3 Å². The largest absolute Gasteiger partial charge is 0.252 e. The fourth-order valence-corrected chi connectivity index (χ4v) is 1.98. The summed E-state index contributed by atoms with van der Waals surface area (Å²) in [6, 6.07) is 9.64. The molecule has 19 heavy (non-hydrogen) atoms. The molecule has 3 aromatic rings. The lowest BCUT2D eigenvalue weighted by Crippen LogP contribution is -2.04. The number of nitrogens with zero attached hydrogens (tertiary/aromatic N) is 5. The molecule has 0 unspecified atom stereocenters. The highest BCUT2D eigenvalue weighted by Crippen LogP contribution is 2.23. The molecule has 0 fully saturated rings. The van der Waals surface area contributed by atoms with Crippen LogP contribution < -0.4 is 0 Å². The molecular formula is C13H10ClN5. The van der Waals surface area contributed by atoms with Gasteiger partial charge in [0.15, 0.2) is 5.82 Å². The Hall–Kier alpha value is -2.27. The Morgan fingerprint density at radius 3 is 2.53 bits per heavy atom. The molecule has 0 saturated carbocycles. The summed E-state index contributed by atoms with van der Waals surface area (Å²) in [5, 5.41) is 4.32. The number of rotatable bonds is 2. The Bertz CT molecular complexity index is 708. The van der Waals surface area contributed by atoms with Gasteiger partial charge in [-0.3, -0.25) is 0 Å². The third-order valence-electron chi connectivity index (χ3n) is 2.71. The SMILES string of the molecule is Cc1ccccc1-c1nc(Cl)nn1-c1ncccn1. The van der Waals surface area contributed by atoms with E-state index in [1.54, 1.807) is 23.1 Å². The van der Waals surface area contributed by atoms with E-state index in [2.05, 4.69) is 20.1 Å². The van der Waals surface area contributed by atoms with Crippen LogP contribution in [0.5, 0.6) is 0 Å². The van der Waals surface area contributed by atoms with Gasteiger partial charge in [-0.25, -0.2) is 9.97 Å². The average molecular weight is 272 g/mol. The first-order chi connectivity index (χ1) is 9.25. The Morgan fingerprint density at radius 2 is 1.79 bits per heavy atom. The van der Waals surface area contributed by atoms with Crippen molar-refractivity contribution in [1.29, 1.82) is 0 Å². The Balaban J connectivity index is 2.21. The van der Waals surface area contributed by atoms with Crippen LogP contribution in [0.4, 0.5) is 0 Å². The van der Waals surface area contributed by atoms with Gasteiger partial charge in [0.1, 0.15) is 0 Å². The Morgan fingerprint density at radius 1 is 1.05 bits per heavy atom.